The van der Waals surface area contributed by atoms with Crippen LogP contribution in [0, 0.1) is 10.1 Å². The molecule has 14 rings (SSSR count). The third-order valence-electron chi connectivity index (χ3n) is 19.8. The molecular formula is C89H94B2Br7N7O25. The zero-order chi connectivity index (χ0) is 94.9. The van der Waals surface area contributed by atoms with Gasteiger partial charge in [0.05, 0.1) is 48.7 Å². The maximum Gasteiger partial charge on any atom is 0.514 e. The van der Waals surface area contributed by atoms with Crippen molar-refractivity contribution >= 4 is 179 Å². The van der Waals surface area contributed by atoms with Crippen molar-refractivity contribution in [2.75, 3.05) is 28.4 Å². The number of nitrogens with zero attached hydrogens (tertiary/aromatic N) is 6. The van der Waals surface area contributed by atoms with Crippen LogP contribution in [-0.2, 0) is 76.5 Å². The van der Waals surface area contributed by atoms with Gasteiger partial charge in [0, 0.05) is 85.4 Å². The van der Waals surface area contributed by atoms with E-state index in [1.807, 2.05) is 152 Å². The molecule has 130 heavy (non-hydrogen) atoms. The first-order chi connectivity index (χ1) is 61.2. The second-order valence-corrected chi connectivity index (χ2v) is 35.8. The topological polar surface area (TPSA) is 426 Å². The largest absolute Gasteiger partial charge is 0.514 e. The number of rotatable bonds is 20. The molecule has 2 aliphatic heterocycles. The standard InChI is InChI=1S/C17H11BrN2O6.C17H19BrN2O3.C12H24B2O4.C11H8BrNO3.C10H8Br2O3.C10H8BrNO2.C10H9BrO3.CH3NO.CH4/c18-12-3-1-11(2-4-12)16-15(25-10-19-16)9-24-17(21)26-14-7-5-13(6-8-14)20(22)23;1-20(14-4-2-3-5-14)17(21)22-10-15-16(19-11-23-15)12-6-8-13(18)9-7-12;1-9(2)10(3,4)16-13(15-9)14-17-11(5,6)12(7,8)18-14;1-15-11(14)10-9(13-6-16-10)7-2-4-8(12)5-3-7;1-15-10(14)8(12)9(13)6-2-4-7(11)5-3-6;11-8-3-1-7(2-4-8)10-9(5-13)14-6-12-10;1-14-10(13)6-9(12)7-2-4-8(11)5-3-7;2-1-3;/h1-8,10H,9H2;6-9,11,14H,2-5,10H2,1H3;1-8H3;2-6H,1H3;2-5,8H,1H3;1-4,6,13H,5H2;2-5H,6H2,1H3;1H,(H2,2,3);1H4. The number of esters is 3. The molecule has 6 heterocycles. The molecule has 690 valence electrons. The summed E-state index contributed by atoms with van der Waals surface area (Å²) in [6.45, 7) is 16.0. The Morgan fingerprint density at radius 2 is 0.869 bits per heavy atom. The molecule has 1 unspecified atom stereocenters. The van der Waals surface area contributed by atoms with E-state index in [-0.39, 0.29) is 97.3 Å². The van der Waals surface area contributed by atoms with Crippen molar-refractivity contribution in [1.82, 2.24) is 24.8 Å². The van der Waals surface area contributed by atoms with Gasteiger partial charge in [-0.3, -0.25) is 34.1 Å². The number of amides is 2. The van der Waals surface area contributed by atoms with Gasteiger partial charge in [0.1, 0.15) is 41.6 Å². The van der Waals surface area contributed by atoms with Crippen molar-refractivity contribution < 1.29 is 113 Å². The third kappa shape index (κ3) is 32.4. The van der Waals surface area contributed by atoms with Crippen LogP contribution in [0.1, 0.15) is 143 Å². The van der Waals surface area contributed by atoms with Crippen LogP contribution in [0.15, 0.2) is 240 Å². The molecule has 11 aromatic rings. The number of aromatic nitrogens is 4. The van der Waals surface area contributed by atoms with Crippen LogP contribution < -0.4 is 10.5 Å². The van der Waals surface area contributed by atoms with E-state index >= 15 is 0 Å². The summed E-state index contributed by atoms with van der Waals surface area (Å²) in [7, 11) is 4.65. The van der Waals surface area contributed by atoms with Crippen molar-refractivity contribution in [3.63, 3.8) is 0 Å². The van der Waals surface area contributed by atoms with Gasteiger partial charge in [0.25, 0.3) is 5.69 Å². The number of Topliss-reactive ketones (excluding diaryl/α,β-unsaturated/α-hetero) is 2. The summed E-state index contributed by atoms with van der Waals surface area (Å²) in [5, 5.41) is 19.6. The van der Waals surface area contributed by atoms with Gasteiger partial charge in [-0.1, -0.05) is 205 Å². The van der Waals surface area contributed by atoms with Gasteiger partial charge in [-0.05, 0) is 153 Å². The average molecular weight is 2240 g/mol. The normalized spacial score (nSPS) is 14.0. The highest BCUT2D eigenvalue weighted by molar-refractivity contribution is 9.11. The first-order valence-electron chi connectivity index (χ1n) is 38.9. The molecule has 3 aliphatic rings. The quantitative estimate of drug-likeness (QED) is 0.00683. The van der Waals surface area contributed by atoms with E-state index in [9.17, 15) is 43.7 Å². The summed E-state index contributed by atoms with van der Waals surface area (Å²) < 4.78 is 79.0. The Kier molecular flexibility index (Phi) is 43.6. The monoisotopic (exact) mass is 2240 g/mol. The molecule has 41 heteroatoms. The number of nitro groups is 1. The maximum absolute atomic E-state index is 12.2. The fraction of sp³-hybridized carbons (Fsp3) is 0.303. The van der Waals surface area contributed by atoms with E-state index in [0.29, 0.717) is 57.2 Å². The highest BCUT2D eigenvalue weighted by Crippen LogP contribution is 2.43. The number of benzene rings is 7. The molecule has 3 N–H and O–H groups in total. The number of nitrogens with two attached hydrogens (primary N) is 1. The van der Waals surface area contributed by atoms with Gasteiger partial charge >= 0.3 is 44.2 Å². The zero-order valence-electron chi connectivity index (χ0n) is 71.7. The summed E-state index contributed by atoms with van der Waals surface area (Å²) in [6.07, 6.45) is 8.43. The molecule has 0 spiro atoms. The minimum absolute atomic E-state index is 0. The molecular weight excluding hydrogens is 2150 g/mol. The number of aliphatic hydroxyl groups is 1. The Morgan fingerprint density at radius 3 is 1.24 bits per heavy atom. The predicted octanol–water partition coefficient (Wildman–Crippen LogP) is 21.6. The molecule has 0 bridgehead atoms. The summed E-state index contributed by atoms with van der Waals surface area (Å²) in [5.41, 5.74) is 9.51. The number of hydrogen-bond donors (Lipinski definition) is 2. The first kappa shape index (κ1) is 109. The van der Waals surface area contributed by atoms with Crippen molar-refractivity contribution in [2.45, 2.75) is 148 Å². The van der Waals surface area contributed by atoms with E-state index in [0.717, 1.165) is 61.9 Å². The van der Waals surface area contributed by atoms with Crippen LogP contribution in [0.5, 0.6) is 5.75 Å². The fourth-order valence-corrected chi connectivity index (χ4v) is 13.5. The van der Waals surface area contributed by atoms with Gasteiger partial charge in [-0.25, -0.2) is 34.3 Å². The van der Waals surface area contributed by atoms with E-state index in [2.05, 4.69) is 151 Å². The van der Waals surface area contributed by atoms with Gasteiger partial charge in [0.15, 0.2) is 72.5 Å². The number of primary amides is 1. The Labute approximate surface area is 810 Å². The fourth-order valence-electron chi connectivity index (χ4n) is 11.4. The minimum Gasteiger partial charge on any atom is -0.469 e. The van der Waals surface area contributed by atoms with E-state index < -0.39 is 47.8 Å². The molecule has 1 aliphatic carbocycles. The second kappa shape index (κ2) is 52.2. The number of ketones is 2. The SMILES string of the molecule is C.CC1(C)OB(B2OC(C)(C)C(C)(C)O2)OC1(C)C.CN(C(=O)OCc1ocnc1-c1ccc(Br)cc1)C1CCCC1.COC(=O)C(Br)C(=O)c1ccc(Br)cc1.COC(=O)CC(=O)c1ccc(Br)cc1.COC(=O)c1ocnc1-c1ccc(Br)cc1.NC=O.O=C(OCc1ocnc1-c1ccc(Br)cc1)Oc1ccc([N+](=O)[O-])cc1.OCc1ocnc1-c1ccc(Br)cc1. The van der Waals surface area contributed by atoms with Crippen molar-refractivity contribution in [3.8, 4) is 50.8 Å². The van der Waals surface area contributed by atoms with Gasteiger partial charge in [-0.15, -0.1) is 0 Å². The molecule has 0 radical (unpaired) electrons. The number of alkyl halides is 1. The van der Waals surface area contributed by atoms with Crippen LogP contribution in [0.4, 0.5) is 15.3 Å². The smallest absolute Gasteiger partial charge is 0.469 e. The van der Waals surface area contributed by atoms with Crippen molar-refractivity contribution in [2.24, 2.45) is 5.73 Å². The second-order valence-electron chi connectivity index (χ2n) is 29.4. The van der Waals surface area contributed by atoms with Crippen LogP contribution in [-0.4, -0.2) is 159 Å². The van der Waals surface area contributed by atoms with Gasteiger partial charge in [0.2, 0.25) is 12.2 Å². The number of carbonyl (C=O) groups is 8. The lowest BCUT2D eigenvalue weighted by atomic mass is 9.49. The highest BCUT2D eigenvalue weighted by atomic mass is 79.9. The third-order valence-corrected chi connectivity index (χ3v) is 23.7. The predicted molar refractivity (Wildman–Crippen MR) is 507 cm³/mol. The Morgan fingerprint density at radius 1 is 0.523 bits per heavy atom. The Hall–Kier alpha value is -10.2. The number of carbonyl (C=O) groups excluding carboxylic acids is 8. The minimum atomic E-state index is -0.961. The summed E-state index contributed by atoms with van der Waals surface area (Å²) >= 11 is 22.9. The molecule has 4 aromatic heterocycles. The lowest BCUT2D eigenvalue weighted by molar-refractivity contribution is -0.384. The molecule has 2 amide bonds. The lowest BCUT2D eigenvalue weighted by Crippen LogP contribution is -2.41. The maximum atomic E-state index is 12.2. The van der Waals surface area contributed by atoms with Crippen LogP contribution in [0.3, 0.4) is 0 Å². The van der Waals surface area contributed by atoms with Crippen molar-refractivity contribution in [1.29, 1.82) is 0 Å². The number of nitro benzene ring substituents is 1. The molecule has 7 aromatic carbocycles. The van der Waals surface area contributed by atoms with E-state index in [1.165, 1.54) is 84.0 Å². The number of ether oxygens (including phenoxy) is 6. The number of halogens is 7. The first-order valence-corrected chi connectivity index (χ1v) is 44.5. The molecule has 1 atom stereocenters. The summed E-state index contributed by atoms with van der Waals surface area (Å²) in [6, 6.07) is 49.2. The Balaban J connectivity index is 0.000000235. The molecule has 1 saturated carbocycles. The Bertz CT molecular complexity index is 5420. The van der Waals surface area contributed by atoms with E-state index in [1.54, 1.807) is 60.5 Å². The van der Waals surface area contributed by atoms with Gasteiger partial charge in [-0.2, -0.15) is 0 Å². The van der Waals surface area contributed by atoms with Crippen LogP contribution >= 0.6 is 112 Å². The lowest BCUT2D eigenvalue weighted by Gasteiger charge is -2.32. The number of non-ortho nitro benzene ring substituents is 1. The highest BCUT2D eigenvalue weighted by Gasteiger charge is 2.64. The van der Waals surface area contributed by atoms with E-state index in [4.69, 9.17) is 60.4 Å². The van der Waals surface area contributed by atoms with Gasteiger partial charge < -0.3 is 80.4 Å². The summed E-state index contributed by atoms with van der Waals surface area (Å²) in [4.78, 5) is 116. The number of oxazole rings is 4. The number of hydrogen-bond acceptors (Lipinski definition) is 29. The number of aliphatic hydroxyl groups excluding tert-OH is 1. The zero-order valence-corrected chi connectivity index (χ0v) is 82.8. The molecule has 2 saturated heterocycles. The van der Waals surface area contributed by atoms with Crippen LogP contribution in [0.25, 0.3) is 45.0 Å². The summed E-state index contributed by atoms with van der Waals surface area (Å²) in [5.74, 6) is -0.521. The van der Waals surface area contributed by atoms with Crippen molar-refractivity contribution in [3.05, 3.63) is 267 Å². The number of methoxy groups -OCH3 is 3. The molecule has 3 fully saturated rings. The van der Waals surface area contributed by atoms with Crippen LogP contribution in [0.2, 0.25) is 0 Å². The molecule has 32 nitrogen and oxygen atoms in total. The average Bonchev–Trinajstić information content (AvgIpc) is 1.59.